The molecule has 1 unspecified atom stereocenters. The Morgan fingerprint density at radius 3 is 2.88 bits per heavy atom. The van der Waals surface area contributed by atoms with Crippen LogP contribution >= 0.6 is 15.9 Å². The van der Waals surface area contributed by atoms with E-state index in [1.54, 1.807) is 6.07 Å². The van der Waals surface area contributed by atoms with E-state index in [4.69, 9.17) is 5.11 Å². The molecule has 1 atom stereocenters. The van der Waals surface area contributed by atoms with Gasteiger partial charge in [-0.05, 0) is 37.5 Å². The van der Waals surface area contributed by atoms with Crippen LogP contribution in [-0.2, 0) is 6.54 Å². The van der Waals surface area contributed by atoms with Crippen molar-refractivity contribution >= 4 is 15.9 Å². The number of aliphatic hydroxyl groups excluding tert-OH is 1. The molecule has 0 saturated carbocycles. The quantitative estimate of drug-likeness (QED) is 0.844. The molecule has 2 N–H and O–H groups in total. The molecule has 0 bridgehead atoms. The SMILES string of the molecule is CC(CCCO)NCc1ccc(F)cc1Br. The molecule has 0 fully saturated rings. The Balaban J connectivity index is 2.42. The van der Waals surface area contributed by atoms with Gasteiger partial charge < -0.3 is 10.4 Å². The zero-order chi connectivity index (χ0) is 12.0. The summed E-state index contributed by atoms with van der Waals surface area (Å²) in [5, 5.41) is 12.0. The van der Waals surface area contributed by atoms with Crippen LogP contribution in [0.25, 0.3) is 0 Å². The summed E-state index contributed by atoms with van der Waals surface area (Å²) in [6, 6.07) is 5.05. The summed E-state index contributed by atoms with van der Waals surface area (Å²) in [4.78, 5) is 0. The molecule has 0 saturated heterocycles. The van der Waals surface area contributed by atoms with E-state index in [1.807, 2.05) is 0 Å². The van der Waals surface area contributed by atoms with Crippen molar-refractivity contribution in [2.45, 2.75) is 32.4 Å². The first-order valence-corrected chi connectivity index (χ1v) is 6.21. The monoisotopic (exact) mass is 289 g/mol. The fourth-order valence-corrected chi connectivity index (χ4v) is 1.94. The van der Waals surface area contributed by atoms with Gasteiger partial charge in [-0.25, -0.2) is 4.39 Å². The Hall–Kier alpha value is -0.450. The molecular formula is C12H17BrFNO. The largest absolute Gasteiger partial charge is 0.396 e. The molecule has 0 aliphatic heterocycles. The van der Waals surface area contributed by atoms with E-state index in [-0.39, 0.29) is 12.4 Å². The molecule has 0 aliphatic rings. The third kappa shape index (κ3) is 4.60. The van der Waals surface area contributed by atoms with Crippen molar-refractivity contribution in [1.29, 1.82) is 0 Å². The number of nitrogens with one attached hydrogen (secondary N) is 1. The highest BCUT2D eigenvalue weighted by Crippen LogP contribution is 2.18. The van der Waals surface area contributed by atoms with Gasteiger partial charge in [-0.3, -0.25) is 0 Å². The van der Waals surface area contributed by atoms with Crippen molar-refractivity contribution in [3.05, 3.63) is 34.1 Å². The normalized spacial score (nSPS) is 12.8. The van der Waals surface area contributed by atoms with Gasteiger partial charge in [0, 0.05) is 23.7 Å². The number of benzene rings is 1. The number of rotatable bonds is 6. The molecule has 0 aliphatic carbocycles. The first kappa shape index (κ1) is 13.6. The highest BCUT2D eigenvalue weighted by Gasteiger charge is 2.04. The summed E-state index contributed by atoms with van der Waals surface area (Å²) in [6.45, 7) is 3.01. The summed E-state index contributed by atoms with van der Waals surface area (Å²) >= 11 is 3.33. The zero-order valence-electron chi connectivity index (χ0n) is 9.34. The summed E-state index contributed by atoms with van der Waals surface area (Å²) in [5.74, 6) is -0.232. The van der Waals surface area contributed by atoms with E-state index in [1.165, 1.54) is 12.1 Å². The molecule has 0 aromatic heterocycles. The lowest BCUT2D eigenvalue weighted by atomic mass is 10.1. The molecule has 0 heterocycles. The molecule has 16 heavy (non-hydrogen) atoms. The molecule has 0 spiro atoms. The topological polar surface area (TPSA) is 32.3 Å². The van der Waals surface area contributed by atoms with Gasteiger partial charge in [0.1, 0.15) is 5.82 Å². The number of hydrogen-bond donors (Lipinski definition) is 2. The second-order valence-electron chi connectivity index (χ2n) is 3.88. The predicted molar refractivity (Wildman–Crippen MR) is 66.7 cm³/mol. The van der Waals surface area contributed by atoms with E-state index >= 15 is 0 Å². The first-order valence-electron chi connectivity index (χ1n) is 5.41. The summed E-state index contributed by atoms with van der Waals surface area (Å²) in [6.07, 6.45) is 1.74. The van der Waals surface area contributed by atoms with E-state index in [0.29, 0.717) is 12.6 Å². The number of halogens is 2. The lowest BCUT2D eigenvalue weighted by molar-refractivity contribution is 0.276. The third-order valence-electron chi connectivity index (χ3n) is 2.45. The van der Waals surface area contributed by atoms with Gasteiger partial charge in [0.2, 0.25) is 0 Å². The van der Waals surface area contributed by atoms with Crippen LogP contribution in [0.1, 0.15) is 25.3 Å². The van der Waals surface area contributed by atoms with Crippen molar-refractivity contribution < 1.29 is 9.50 Å². The van der Waals surface area contributed by atoms with E-state index in [2.05, 4.69) is 28.2 Å². The van der Waals surface area contributed by atoms with Gasteiger partial charge in [-0.15, -0.1) is 0 Å². The Labute approximate surface area is 104 Å². The highest BCUT2D eigenvalue weighted by molar-refractivity contribution is 9.10. The van der Waals surface area contributed by atoms with E-state index < -0.39 is 0 Å². The molecule has 1 rings (SSSR count). The molecule has 0 amide bonds. The fourth-order valence-electron chi connectivity index (χ4n) is 1.45. The second-order valence-corrected chi connectivity index (χ2v) is 4.74. The van der Waals surface area contributed by atoms with Gasteiger partial charge in [0.15, 0.2) is 0 Å². The minimum Gasteiger partial charge on any atom is -0.396 e. The first-order chi connectivity index (χ1) is 7.63. The van der Waals surface area contributed by atoms with Gasteiger partial charge in [0.05, 0.1) is 0 Å². The summed E-state index contributed by atoms with van der Waals surface area (Å²) in [7, 11) is 0. The Morgan fingerprint density at radius 1 is 1.50 bits per heavy atom. The van der Waals surface area contributed by atoms with Crippen LogP contribution in [0.4, 0.5) is 4.39 Å². The van der Waals surface area contributed by atoms with E-state index in [0.717, 1.165) is 22.9 Å². The molecular weight excluding hydrogens is 273 g/mol. The van der Waals surface area contributed by atoms with Crippen LogP contribution in [-0.4, -0.2) is 17.8 Å². The smallest absolute Gasteiger partial charge is 0.124 e. The fraction of sp³-hybridized carbons (Fsp3) is 0.500. The Kier molecular flexibility index (Phi) is 5.95. The van der Waals surface area contributed by atoms with Crippen molar-refractivity contribution in [3.63, 3.8) is 0 Å². The standard InChI is InChI=1S/C12H17BrFNO/c1-9(3-2-6-16)15-8-10-4-5-11(14)7-12(10)13/h4-5,7,9,15-16H,2-3,6,8H2,1H3. The zero-order valence-corrected chi connectivity index (χ0v) is 10.9. The highest BCUT2D eigenvalue weighted by atomic mass is 79.9. The molecule has 90 valence electrons. The van der Waals surface area contributed by atoms with Gasteiger partial charge in [-0.1, -0.05) is 22.0 Å². The van der Waals surface area contributed by atoms with Crippen molar-refractivity contribution in [2.75, 3.05) is 6.61 Å². The number of aliphatic hydroxyl groups is 1. The van der Waals surface area contributed by atoms with Crippen LogP contribution in [0.5, 0.6) is 0 Å². The predicted octanol–water partition coefficient (Wildman–Crippen LogP) is 2.84. The Bertz CT molecular complexity index is 333. The maximum Gasteiger partial charge on any atom is 0.124 e. The Morgan fingerprint density at radius 2 is 2.25 bits per heavy atom. The lowest BCUT2D eigenvalue weighted by Gasteiger charge is -2.13. The van der Waals surface area contributed by atoms with Crippen LogP contribution in [0.3, 0.4) is 0 Å². The number of hydrogen-bond acceptors (Lipinski definition) is 2. The van der Waals surface area contributed by atoms with Gasteiger partial charge >= 0.3 is 0 Å². The second kappa shape index (κ2) is 6.99. The molecule has 1 aromatic rings. The maximum atomic E-state index is 12.8. The minimum absolute atomic E-state index is 0.228. The van der Waals surface area contributed by atoms with Crippen LogP contribution < -0.4 is 5.32 Å². The molecule has 0 radical (unpaired) electrons. The molecule has 1 aromatic carbocycles. The maximum absolute atomic E-state index is 12.8. The van der Waals surface area contributed by atoms with Crippen molar-refractivity contribution in [1.82, 2.24) is 5.32 Å². The van der Waals surface area contributed by atoms with Crippen LogP contribution in [0, 0.1) is 5.82 Å². The van der Waals surface area contributed by atoms with Crippen molar-refractivity contribution in [3.8, 4) is 0 Å². The average Bonchev–Trinajstić information content (AvgIpc) is 2.25. The van der Waals surface area contributed by atoms with E-state index in [9.17, 15) is 4.39 Å². The van der Waals surface area contributed by atoms with Gasteiger partial charge in [-0.2, -0.15) is 0 Å². The summed E-state index contributed by atoms with van der Waals surface area (Å²) in [5.41, 5.74) is 1.04. The van der Waals surface area contributed by atoms with Crippen LogP contribution in [0.15, 0.2) is 22.7 Å². The minimum atomic E-state index is -0.232. The van der Waals surface area contributed by atoms with Crippen molar-refractivity contribution in [2.24, 2.45) is 0 Å². The lowest BCUT2D eigenvalue weighted by Crippen LogP contribution is -2.25. The van der Waals surface area contributed by atoms with Crippen LogP contribution in [0.2, 0.25) is 0 Å². The molecule has 2 nitrogen and oxygen atoms in total. The van der Waals surface area contributed by atoms with Gasteiger partial charge in [0.25, 0.3) is 0 Å². The molecule has 4 heteroatoms. The average molecular weight is 290 g/mol. The summed E-state index contributed by atoms with van der Waals surface area (Å²) < 4.78 is 13.6. The third-order valence-corrected chi connectivity index (χ3v) is 3.19.